The molecule has 0 saturated heterocycles. The molecule has 1 amide bonds. The SMILES string of the molecule is N#CCCN(Cc1ccccc1)C(=S)NC(=O)c1cccc(I)c1. The summed E-state index contributed by atoms with van der Waals surface area (Å²) >= 11 is 7.54. The van der Waals surface area contributed by atoms with Crippen molar-refractivity contribution in [3.8, 4) is 6.07 Å². The molecule has 0 atom stereocenters. The van der Waals surface area contributed by atoms with E-state index in [0.29, 0.717) is 30.2 Å². The third kappa shape index (κ3) is 5.58. The van der Waals surface area contributed by atoms with E-state index in [9.17, 15) is 4.79 Å². The minimum Gasteiger partial charge on any atom is -0.344 e. The zero-order valence-electron chi connectivity index (χ0n) is 12.9. The molecule has 0 bridgehead atoms. The highest BCUT2D eigenvalue weighted by Gasteiger charge is 2.14. The fraction of sp³-hybridized carbons (Fsp3) is 0.167. The second-order valence-electron chi connectivity index (χ2n) is 5.08. The number of carbonyl (C=O) groups excluding carboxylic acids is 1. The van der Waals surface area contributed by atoms with Crippen molar-refractivity contribution in [2.45, 2.75) is 13.0 Å². The first kappa shape index (κ1) is 18.4. The molecule has 0 aliphatic heterocycles. The van der Waals surface area contributed by atoms with Gasteiger partial charge in [0.05, 0.1) is 12.5 Å². The minimum absolute atomic E-state index is 0.242. The third-order valence-corrected chi connectivity index (χ3v) is 4.34. The molecule has 2 aromatic carbocycles. The van der Waals surface area contributed by atoms with Crippen LogP contribution in [0.15, 0.2) is 54.6 Å². The van der Waals surface area contributed by atoms with E-state index in [1.807, 2.05) is 47.4 Å². The van der Waals surface area contributed by atoms with Crippen LogP contribution in [-0.2, 0) is 6.54 Å². The van der Waals surface area contributed by atoms with Crippen molar-refractivity contribution in [2.75, 3.05) is 6.54 Å². The normalized spacial score (nSPS) is 9.83. The monoisotopic (exact) mass is 449 g/mol. The standard InChI is InChI=1S/C18H16IN3OS/c19-16-9-4-8-15(12-16)17(23)21-18(24)22(11-5-10-20)13-14-6-2-1-3-7-14/h1-4,6-9,12H,5,11,13H2,(H,21,23,24). The molecule has 2 aromatic rings. The zero-order chi connectivity index (χ0) is 17.4. The van der Waals surface area contributed by atoms with Crippen LogP contribution < -0.4 is 5.32 Å². The van der Waals surface area contributed by atoms with E-state index >= 15 is 0 Å². The lowest BCUT2D eigenvalue weighted by molar-refractivity contribution is 0.0973. The number of halogens is 1. The van der Waals surface area contributed by atoms with Gasteiger partial charge in [-0.05, 0) is 58.6 Å². The highest BCUT2D eigenvalue weighted by atomic mass is 127. The van der Waals surface area contributed by atoms with Crippen molar-refractivity contribution >= 4 is 45.8 Å². The molecule has 1 N–H and O–H groups in total. The lowest BCUT2D eigenvalue weighted by Gasteiger charge is -2.24. The molecule has 122 valence electrons. The Balaban J connectivity index is 2.06. The van der Waals surface area contributed by atoms with Crippen molar-refractivity contribution in [2.24, 2.45) is 0 Å². The maximum absolute atomic E-state index is 12.3. The van der Waals surface area contributed by atoms with E-state index in [1.165, 1.54) is 0 Å². The Kier molecular flexibility index (Phi) is 7.15. The number of hydrogen-bond acceptors (Lipinski definition) is 3. The van der Waals surface area contributed by atoms with Gasteiger partial charge < -0.3 is 4.90 Å². The smallest absolute Gasteiger partial charge is 0.257 e. The van der Waals surface area contributed by atoms with Crippen LogP contribution in [0, 0.1) is 14.9 Å². The van der Waals surface area contributed by atoms with Crippen molar-refractivity contribution < 1.29 is 4.79 Å². The molecular formula is C18H16IN3OS. The van der Waals surface area contributed by atoms with Crippen molar-refractivity contribution in [1.82, 2.24) is 10.2 Å². The summed E-state index contributed by atoms with van der Waals surface area (Å²) in [7, 11) is 0. The Morgan fingerprint density at radius 3 is 2.62 bits per heavy atom. The van der Waals surface area contributed by atoms with Gasteiger partial charge >= 0.3 is 0 Å². The number of benzene rings is 2. The predicted molar refractivity (Wildman–Crippen MR) is 106 cm³/mol. The van der Waals surface area contributed by atoms with Gasteiger partial charge in [-0.2, -0.15) is 5.26 Å². The molecule has 0 aliphatic carbocycles. The third-order valence-electron chi connectivity index (χ3n) is 3.30. The minimum atomic E-state index is -0.242. The Labute approximate surface area is 160 Å². The van der Waals surface area contributed by atoms with Gasteiger partial charge in [-0.15, -0.1) is 0 Å². The highest BCUT2D eigenvalue weighted by Crippen LogP contribution is 2.09. The number of nitriles is 1. The van der Waals surface area contributed by atoms with Gasteiger partial charge in [0.25, 0.3) is 5.91 Å². The molecule has 24 heavy (non-hydrogen) atoms. The Morgan fingerprint density at radius 2 is 1.96 bits per heavy atom. The van der Waals surface area contributed by atoms with Crippen LogP contribution >= 0.6 is 34.8 Å². The first-order valence-corrected chi connectivity index (χ1v) is 8.85. The summed E-state index contributed by atoms with van der Waals surface area (Å²) in [5.74, 6) is -0.242. The fourth-order valence-corrected chi connectivity index (χ4v) is 2.91. The van der Waals surface area contributed by atoms with Crippen LogP contribution in [0.3, 0.4) is 0 Å². The average Bonchev–Trinajstić information content (AvgIpc) is 2.59. The van der Waals surface area contributed by atoms with E-state index in [0.717, 1.165) is 9.13 Å². The molecule has 4 nitrogen and oxygen atoms in total. The van der Waals surface area contributed by atoms with Gasteiger partial charge in [0.15, 0.2) is 5.11 Å². The molecule has 0 fully saturated rings. The predicted octanol–water partition coefficient (Wildman–Crippen LogP) is 3.72. The van der Waals surface area contributed by atoms with Crippen molar-refractivity contribution in [1.29, 1.82) is 5.26 Å². The summed E-state index contributed by atoms with van der Waals surface area (Å²) in [6.45, 7) is 1.02. The van der Waals surface area contributed by atoms with Gasteiger partial charge in [0.1, 0.15) is 0 Å². The molecule has 6 heteroatoms. The van der Waals surface area contributed by atoms with Gasteiger partial charge in [-0.1, -0.05) is 36.4 Å². The van der Waals surface area contributed by atoms with E-state index in [4.69, 9.17) is 17.5 Å². The second-order valence-corrected chi connectivity index (χ2v) is 6.72. The van der Waals surface area contributed by atoms with E-state index in [2.05, 4.69) is 34.0 Å². The highest BCUT2D eigenvalue weighted by molar-refractivity contribution is 14.1. The number of carbonyl (C=O) groups is 1. The summed E-state index contributed by atoms with van der Waals surface area (Å²) in [6, 6.07) is 19.2. The maximum Gasteiger partial charge on any atom is 0.257 e. The summed E-state index contributed by atoms with van der Waals surface area (Å²) in [5.41, 5.74) is 1.63. The second kappa shape index (κ2) is 9.35. The molecule has 0 heterocycles. The van der Waals surface area contributed by atoms with Crippen molar-refractivity contribution in [3.63, 3.8) is 0 Å². The maximum atomic E-state index is 12.3. The topological polar surface area (TPSA) is 56.1 Å². The first-order chi connectivity index (χ1) is 11.6. The molecule has 0 unspecified atom stereocenters. The quantitative estimate of drug-likeness (QED) is 0.559. The largest absolute Gasteiger partial charge is 0.344 e. The number of rotatable bonds is 5. The van der Waals surface area contributed by atoms with Crippen LogP contribution in [0.5, 0.6) is 0 Å². The average molecular weight is 449 g/mol. The van der Waals surface area contributed by atoms with Crippen LogP contribution in [-0.4, -0.2) is 22.5 Å². The summed E-state index contributed by atoms with van der Waals surface area (Å²) < 4.78 is 0.983. The molecule has 0 saturated carbocycles. The van der Waals surface area contributed by atoms with Gasteiger partial charge in [0, 0.05) is 22.2 Å². The fourth-order valence-electron chi connectivity index (χ4n) is 2.12. The summed E-state index contributed by atoms with van der Waals surface area (Å²) in [5, 5.41) is 11.9. The van der Waals surface area contributed by atoms with E-state index < -0.39 is 0 Å². The Hall–Kier alpha value is -1.98. The summed E-state index contributed by atoms with van der Waals surface area (Å²) in [4.78, 5) is 14.2. The number of thiocarbonyl (C=S) groups is 1. The number of nitrogens with zero attached hydrogens (tertiary/aromatic N) is 2. The first-order valence-electron chi connectivity index (χ1n) is 7.37. The Morgan fingerprint density at radius 1 is 1.21 bits per heavy atom. The van der Waals surface area contributed by atoms with Crippen molar-refractivity contribution in [3.05, 3.63) is 69.3 Å². The van der Waals surface area contributed by atoms with E-state index in [-0.39, 0.29) is 5.91 Å². The van der Waals surface area contributed by atoms with Crippen LogP contribution in [0.1, 0.15) is 22.3 Å². The Bertz CT molecular complexity index is 758. The lowest BCUT2D eigenvalue weighted by atomic mass is 10.2. The molecule has 0 spiro atoms. The number of hydrogen-bond donors (Lipinski definition) is 1. The van der Waals surface area contributed by atoms with Gasteiger partial charge in [-0.25, -0.2) is 0 Å². The molecule has 0 radical (unpaired) electrons. The van der Waals surface area contributed by atoms with Gasteiger partial charge in [-0.3, -0.25) is 10.1 Å². The van der Waals surface area contributed by atoms with Crippen LogP contribution in [0.4, 0.5) is 0 Å². The van der Waals surface area contributed by atoms with Crippen LogP contribution in [0.25, 0.3) is 0 Å². The molecule has 0 aromatic heterocycles. The number of nitrogens with one attached hydrogen (secondary N) is 1. The van der Waals surface area contributed by atoms with Gasteiger partial charge in [0.2, 0.25) is 0 Å². The number of amides is 1. The molecule has 2 rings (SSSR count). The lowest BCUT2D eigenvalue weighted by Crippen LogP contribution is -2.42. The zero-order valence-corrected chi connectivity index (χ0v) is 15.9. The molecular weight excluding hydrogens is 433 g/mol. The summed E-state index contributed by atoms with van der Waals surface area (Å²) in [6.07, 6.45) is 0.339. The van der Waals surface area contributed by atoms with E-state index in [1.54, 1.807) is 12.1 Å². The molecule has 0 aliphatic rings. The van der Waals surface area contributed by atoms with Crippen LogP contribution in [0.2, 0.25) is 0 Å².